The molecule has 1 aliphatic heterocycles. The average Bonchev–Trinajstić information content (AvgIpc) is 2.62. The van der Waals surface area contributed by atoms with Gasteiger partial charge in [-0.2, -0.15) is 0 Å². The maximum Gasteiger partial charge on any atom is 0.237 e. The van der Waals surface area contributed by atoms with Crippen LogP contribution in [0.3, 0.4) is 0 Å². The fourth-order valence-electron chi connectivity index (χ4n) is 2.18. The summed E-state index contributed by atoms with van der Waals surface area (Å²) in [5, 5.41) is 6.45. The number of carbonyl (C=O) groups excluding carboxylic acids is 1. The zero-order valence-corrected chi connectivity index (χ0v) is 12.0. The molecular weight excluding hydrogens is 228 g/mol. The van der Waals surface area contributed by atoms with Crippen LogP contribution < -0.4 is 10.6 Å². The summed E-state index contributed by atoms with van der Waals surface area (Å²) in [6.45, 7) is 8.46. The van der Waals surface area contributed by atoms with Gasteiger partial charge in [0.1, 0.15) is 0 Å². The first-order valence-corrected chi connectivity index (χ1v) is 7.26. The Labute approximate surface area is 111 Å². The third-order valence-electron chi connectivity index (χ3n) is 3.51. The SMILES string of the molecule is CCOCC(NC(=O)C1CCCCCN1)C(C)C. The van der Waals surface area contributed by atoms with Crippen LogP contribution in [-0.2, 0) is 9.53 Å². The molecule has 1 amide bonds. The molecule has 0 saturated carbocycles. The summed E-state index contributed by atoms with van der Waals surface area (Å²) in [4.78, 5) is 12.2. The fraction of sp³-hybridized carbons (Fsp3) is 0.929. The van der Waals surface area contributed by atoms with Crippen molar-refractivity contribution in [3.8, 4) is 0 Å². The second kappa shape index (κ2) is 8.48. The Kier molecular flexibility index (Phi) is 7.28. The molecule has 1 rings (SSSR count). The minimum atomic E-state index is -0.0182. The number of nitrogens with one attached hydrogen (secondary N) is 2. The average molecular weight is 256 g/mol. The van der Waals surface area contributed by atoms with E-state index in [1.165, 1.54) is 12.8 Å². The van der Waals surface area contributed by atoms with Gasteiger partial charge in [0.25, 0.3) is 0 Å². The van der Waals surface area contributed by atoms with Crippen molar-refractivity contribution in [2.45, 2.75) is 58.5 Å². The molecule has 2 unspecified atom stereocenters. The normalized spacial score (nSPS) is 22.6. The molecule has 0 radical (unpaired) electrons. The van der Waals surface area contributed by atoms with E-state index in [9.17, 15) is 4.79 Å². The van der Waals surface area contributed by atoms with Crippen LogP contribution in [-0.4, -0.2) is 37.7 Å². The second-order valence-corrected chi connectivity index (χ2v) is 5.37. The Balaban J connectivity index is 2.43. The summed E-state index contributed by atoms with van der Waals surface area (Å²) < 4.78 is 5.43. The van der Waals surface area contributed by atoms with E-state index < -0.39 is 0 Å². The molecule has 0 aromatic carbocycles. The third kappa shape index (κ3) is 5.36. The van der Waals surface area contributed by atoms with Crippen LogP contribution in [0.25, 0.3) is 0 Å². The van der Waals surface area contributed by atoms with Gasteiger partial charge in [-0.25, -0.2) is 0 Å². The number of hydrogen-bond acceptors (Lipinski definition) is 3. The minimum absolute atomic E-state index is 0.0182. The first-order chi connectivity index (χ1) is 8.65. The number of hydrogen-bond donors (Lipinski definition) is 2. The highest BCUT2D eigenvalue weighted by Crippen LogP contribution is 2.10. The largest absolute Gasteiger partial charge is 0.380 e. The van der Waals surface area contributed by atoms with E-state index in [1.54, 1.807) is 0 Å². The van der Waals surface area contributed by atoms with Gasteiger partial charge in [-0.15, -0.1) is 0 Å². The number of amides is 1. The van der Waals surface area contributed by atoms with E-state index in [2.05, 4.69) is 24.5 Å². The molecule has 0 spiro atoms. The molecule has 0 aromatic rings. The topological polar surface area (TPSA) is 50.4 Å². The highest BCUT2D eigenvalue weighted by atomic mass is 16.5. The predicted molar refractivity (Wildman–Crippen MR) is 73.5 cm³/mol. The molecule has 18 heavy (non-hydrogen) atoms. The molecule has 1 saturated heterocycles. The monoisotopic (exact) mass is 256 g/mol. The lowest BCUT2D eigenvalue weighted by atomic mass is 10.0. The number of carbonyl (C=O) groups is 1. The van der Waals surface area contributed by atoms with Crippen molar-refractivity contribution >= 4 is 5.91 Å². The van der Waals surface area contributed by atoms with E-state index in [-0.39, 0.29) is 18.0 Å². The molecule has 1 fully saturated rings. The number of rotatable bonds is 6. The summed E-state index contributed by atoms with van der Waals surface area (Å²) in [5.41, 5.74) is 0. The van der Waals surface area contributed by atoms with Gasteiger partial charge in [0.05, 0.1) is 18.7 Å². The summed E-state index contributed by atoms with van der Waals surface area (Å²) >= 11 is 0. The third-order valence-corrected chi connectivity index (χ3v) is 3.51. The number of ether oxygens (including phenoxy) is 1. The van der Waals surface area contributed by atoms with Crippen molar-refractivity contribution in [2.75, 3.05) is 19.8 Å². The van der Waals surface area contributed by atoms with E-state index in [1.807, 2.05) is 6.92 Å². The van der Waals surface area contributed by atoms with Crippen molar-refractivity contribution in [2.24, 2.45) is 5.92 Å². The van der Waals surface area contributed by atoms with Crippen LogP contribution in [0.5, 0.6) is 0 Å². The van der Waals surface area contributed by atoms with E-state index in [4.69, 9.17) is 4.74 Å². The zero-order chi connectivity index (χ0) is 13.4. The van der Waals surface area contributed by atoms with Crippen LogP contribution in [0.1, 0.15) is 46.5 Å². The molecule has 0 aliphatic carbocycles. The van der Waals surface area contributed by atoms with Gasteiger partial charge in [-0.3, -0.25) is 4.79 Å². The first-order valence-electron chi connectivity index (χ1n) is 7.26. The van der Waals surface area contributed by atoms with Crippen molar-refractivity contribution in [3.63, 3.8) is 0 Å². The van der Waals surface area contributed by atoms with Gasteiger partial charge >= 0.3 is 0 Å². The van der Waals surface area contributed by atoms with Crippen LogP contribution in [0.15, 0.2) is 0 Å². The molecule has 2 N–H and O–H groups in total. The molecule has 1 aliphatic rings. The predicted octanol–water partition coefficient (Wildman–Crippen LogP) is 1.70. The summed E-state index contributed by atoms with van der Waals surface area (Å²) in [5.74, 6) is 0.529. The quantitative estimate of drug-likeness (QED) is 0.760. The smallest absolute Gasteiger partial charge is 0.237 e. The second-order valence-electron chi connectivity index (χ2n) is 5.37. The first kappa shape index (κ1) is 15.4. The maximum absolute atomic E-state index is 12.2. The lowest BCUT2D eigenvalue weighted by Crippen LogP contribution is -2.50. The highest BCUT2D eigenvalue weighted by molar-refractivity contribution is 5.82. The fourth-order valence-corrected chi connectivity index (χ4v) is 2.18. The summed E-state index contributed by atoms with van der Waals surface area (Å²) in [6, 6.07) is 0.0953. The molecule has 4 nitrogen and oxygen atoms in total. The van der Waals surface area contributed by atoms with Gasteiger partial charge in [0, 0.05) is 6.61 Å². The van der Waals surface area contributed by atoms with E-state index in [0.717, 1.165) is 19.4 Å². The Morgan fingerprint density at radius 3 is 2.83 bits per heavy atom. The molecule has 0 aromatic heterocycles. The summed E-state index contributed by atoms with van der Waals surface area (Å²) in [6.07, 6.45) is 4.49. The Morgan fingerprint density at radius 1 is 1.39 bits per heavy atom. The maximum atomic E-state index is 12.2. The van der Waals surface area contributed by atoms with E-state index in [0.29, 0.717) is 19.1 Å². The van der Waals surface area contributed by atoms with Crippen LogP contribution >= 0.6 is 0 Å². The lowest BCUT2D eigenvalue weighted by molar-refractivity contribution is -0.124. The molecule has 106 valence electrons. The molecule has 2 atom stereocenters. The molecular formula is C14H28N2O2. The van der Waals surface area contributed by atoms with Crippen molar-refractivity contribution < 1.29 is 9.53 Å². The van der Waals surface area contributed by atoms with Crippen molar-refractivity contribution in [1.82, 2.24) is 10.6 Å². The van der Waals surface area contributed by atoms with Gasteiger partial charge in [-0.05, 0) is 32.2 Å². The molecule has 1 heterocycles. The molecule has 0 bridgehead atoms. The van der Waals surface area contributed by atoms with Gasteiger partial charge < -0.3 is 15.4 Å². The lowest BCUT2D eigenvalue weighted by Gasteiger charge is -2.25. The Bertz CT molecular complexity index is 236. The van der Waals surface area contributed by atoms with E-state index >= 15 is 0 Å². The van der Waals surface area contributed by atoms with Gasteiger partial charge in [0.2, 0.25) is 5.91 Å². The van der Waals surface area contributed by atoms with Crippen LogP contribution in [0.2, 0.25) is 0 Å². The Morgan fingerprint density at radius 2 is 2.17 bits per heavy atom. The van der Waals surface area contributed by atoms with Gasteiger partial charge in [0.15, 0.2) is 0 Å². The zero-order valence-electron chi connectivity index (χ0n) is 12.0. The van der Waals surface area contributed by atoms with Crippen LogP contribution in [0.4, 0.5) is 0 Å². The van der Waals surface area contributed by atoms with Gasteiger partial charge in [-0.1, -0.05) is 26.7 Å². The highest BCUT2D eigenvalue weighted by Gasteiger charge is 2.23. The van der Waals surface area contributed by atoms with Crippen molar-refractivity contribution in [3.05, 3.63) is 0 Å². The Hall–Kier alpha value is -0.610. The van der Waals surface area contributed by atoms with Crippen molar-refractivity contribution in [1.29, 1.82) is 0 Å². The summed E-state index contributed by atoms with van der Waals surface area (Å²) in [7, 11) is 0. The molecule has 4 heteroatoms. The minimum Gasteiger partial charge on any atom is -0.380 e. The standard InChI is InChI=1S/C14H28N2O2/c1-4-18-10-13(11(2)3)16-14(17)12-8-6-5-7-9-15-12/h11-13,15H,4-10H2,1-3H3,(H,16,17). The van der Waals surface area contributed by atoms with Crippen LogP contribution in [0, 0.1) is 5.92 Å².